The number of hydrogen-bond acceptors (Lipinski definition) is 7. The van der Waals surface area contributed by atoms with Crippen molar-refractivity contribution < 1.29 is 9.59 Å². The van der Waals surface area contributed by atoms with E-state index in [0.29, 0.717) is 34.6 Å². The number of nitrogens with two attached hydrogens (primary N) is 1. The number of allylic oxidation sites excluding steroid dienone is 4. The molecule has 9 heteroatoms. The summed E-state index contributed by atoms with van der Waals surface area (Å²) in [6.45, 7) is 8.32. The molecule has 2 amide bonds. The van der Waals surface area contributed by atoms with Gasteiger partial charge in [-0.2, -0.15) is 5.11 Å². The second kappa shape index (κ2) is 11.8. The zero-order chi connectivity index (χ0) is 26.3. The van der Waals surface area contributed by atoms with Crippen LogP contribution in [0.1, 0.15) is 65.0 Å². The van der Waals surface area contributed by atoms with Crippen LogP contribution in [0.5, 0.6) is 0 Å². The standard InChI is InChI=1S/C27H37N7O2/c1-5-19(14-28)20-9-10-22(31-15-20)25(34-29)26(36)33-23-11-21(16-30-17(23)2)32-24(35)8-6-7-18-12-27(3,4)13-18/h9-11,14-16,18,29,31H,5-8,12-13,28H2,1-4H3,(H,32,35)(H,33,36)/b19-14+,25-22-,34-29?. The number of aryl methyl sites for hydroxylation is 1. The van der Waals surface area contributed by atoms with Crippen LogP contribution in [0.3, 0.4) is 0 Å². The number of nitrogens with one attached hydrogen (secondary N) is 4. The zero-order valence-electron chi connectivity index (χ0n) is 21.6. The van der Waals surface area contributed by atoms with Gasteiger partial charge in [0.25, 0.3) is 5.91 Å². The topological polar surface area (TPSA) is 145 Å². The lowest BCUT2D eigenvalue weighted by Crippen LogP contribution is -2.31. The number of amides is 2. The average molecular weight is 492 g/mol. The highest BCUT2D eigenvalue weighted by Gasteiger charge is 2.35. The van der Waals surface area contributed by atoms with Crippen LogP contribution in [0.15, 0.2) is 64.5 Å². The van der Waals surface area contributed by atoms with E-state index in [1.807, 2.05) is 13.0 Å². The van der Waals surface area contributed by atoms with Crippen molar-refractivity contribution in [1.29, 1.82) is 5.53 Å². The number of dihydropyridines is 1. The summed E-state index contributed by atoms with van der Waals surface area (Å²) in [5, 5.41) is 12.1. The predicted molar refractivity (Wildman–Crippen MR) is 142 cm³/mol. The average Bonchev–Trinajstić information content (AvgIpc) is 2.82. The molecular formula is C27H37N7O2. The molecule has 2 aliphatic rings. The maximum Gasteiger partial charge on any atom is 0.278 e. The third kappa shape index (κ3) is 6.90. The SMILES string of the molecule is CC/C(=C\N)C1=CN/C(=C(\N=N)C(=O)Nc2cc(NC(=O)CCCC3CC(C)(C)C3)cnc2C)C=C1. The molecule has 192 valence electrons. The van der Waals surface area contributed by atoms with Crippen LogP contribution in [-0.2, 0) is 9.59 Å². The number of aromatic nitrogens is 1. The fourth-order valence-electron chi connectivity index (χ4n) is 4.81. The third-order valence-electron chi connectivity index (χ3n) is 6.67. The number of rotatable bonds is 10. The Hall–Kier alpha value is -3.75. The van der Waals surface area contributed by atoms with E-state index in [-0.39, 0.29) is 11.6 Å². The molecule has 0 radical (unpaired) electrons. The molecule has 0 atom stereocenters. The smallest absolute Gasteiger partial charge is 0.278 e. The molecule has 36 heavy (non-hydrogen) atoms. The van der Waals surface area contributed by atoms with Crippen molar-refractivity contribution in [3.63, 3.8) is 0 Å². The number of hydrogen-bond donors (Lipinski definition) is 5. The monoisotopic (exact) mass is 491 g/mol. The maximum atomic E-state index is 12.9. The molecule has 0 saturated heterocycles. The van der Waals surface area contributed by atoms with Crippen molar-refractivity contribution in [1.82, 2.24) is 10.3 Å². The van der Waals surface area contributed by atoms with Gasteiger partial charge in [0.15, 0.2) is 5.70 Å². The van der Waals surface area contributed by atoms with E-state index in [0.717, 1.165) is 36.3 Å². The van der Waals surface area contributed by atoms with Crippen LogP contribution in [-0.4, -0.2) is 16.8 Å². The summed E-state index contributed by atoms with van der Waals surface area (Å²) in [5.74, 6) is 0.0938. The van der Waals surface area contributed by atoms with Crippen molar-refractivity contribution in [2.45, 2.75) is 66.2 Å². The van der Waals surface area contributed by atoms with E-state index < -0.39 is 5.91 Å². The fraction of sp³-hybridized carbons (Fsp3) is 0.444. The van der Waals surface area contributed by atoms with E-state index in [1.165, 1.54) is 12.8 Å². The van der Waals surface area contributed by atoms with Gasteiger partial charge in [-0.3, -0.25) is 14.6 Å². The van der Waals surface area contributed by atoms with E-state index in [4.69, 9.17) is 11.3 Å². The quantitative estimate of drug-likeness (QED) is 0.219. The normalized spacial score (nSPS) is 18.4. The molecule has 0 unspecified atom stereocenters. The second-order valence-electron chi connectivity index (χ2n) is 10.2. The number of nitrogens with zero attached hydrogens (tertiary/aromatic N) is 2. The molecule has 1 aliphatic carbocycles. The Morgan fingerprint density at radius 1 is 1.31 bits per heavy atom. The summed E-state index contributed by atoms with van der Waals surface area (Å²) < 4.78 is 0. The molecule has 1 aliphatic heterocycles. The van der Waals surface area contributed by atoms with Crippen LogP contribution in [0.25, 0.3) is 0 Å². The van der Waals surface area contributed by atoms with Crippen LogP contribution < -0.4 is 21.7 Å². The largest absolute Gasteiger partial charge is 0.404 e. The van der Waals surface area contributed by atoms with Crippen molar-refractivity contribution in [3.05, 3.63) is 65.0 Å². The summed E-state index contributed by atoms with van der Waals surface area (Å²) >= 11 is 0. The summed E-state index contributed by atoms with van der Waals surface area (Å²) in [6.07, 6.45) is 14.0. The van der Waals surface area contributed by atoms with Crippen LogP contribution in [0, 0.1) is 23.8 Å². The Morgan fingerprint density at radius 3 is 2.64 bits per heavy atom. The van der Waals surface area contributed by atoms with E-state index in [1.54, 1.807) is 37.7 Å². The molecule has 1 aromatic rings. The summed E-state index contributed by atoms with van der Waals surface area (Å²) in [7, 11) is 0. The van der Waals surface area contributed by atoms with Gasteiger partial charge in [0.05, 0.1) is 29.0 Å². The van der Waals surface area contributed by atoms with Crippen LogP contribution in [0.2, 0.25) is 0 Å². The number of pyridine rings is 1. The minimum absolute atomic E-state index is 0.0717. The lowest BCUT2D eigenvalue weighted by Gasteiger charge is -2.42. The Morgan fingerprint density at radius 2 is 2.06 bits per heavy atom. The summed E-state index contributed by atoms with van der Waals surface area (Å²) in [5.41, 5.74) is 17.3. The lowest BCUT2D eigenvalue weighted by molar-refractivity contribution is -0.116. The minimum atomic E-state index is -0.559. The lowest BCUT2D eigenvalue weighted by atomic mass is 9.63. The van der Waals surface area contributed by atoms with Gasteiger partial charge in [-0.1, -0.05) is 26.8 Å². The highest BCUT2D eigenvalue weighted by atomic mass is 16.2. The fourth-order valence-corrected chi connectivity index (χ4v) is 4.81. The molecule has 0 aromatic carbocycles. The van der Waals surface area contributed by atoms with Crippen LogP contribution in [0.4, 0.5) is 11.4 Å². The molecule has 0 spiro atoms. The van der Waals surface area contributed by atoms with Crippen molar-refractivity contribution in [2.75, 3.05) is 10.6 Å². The Balaban J connectivity index is 1.60. The van der Waals surface area contributed by atoms with Gasteiger partial charge < -0.3 is 21.7 Å². The first-order chi connectivity index (χ1) is 17.2. The molecule has 0 bridgehead atoms. The highest BCUT2D eigenvalue weighted by Crippen LogP contribution is 2.46. The number of carbonyl (C=O) groups is 2. The van der Waals surface area contributed by atoms with Crippen LogP contribution >= 0.6 is 0 Å². The number of carbonyl (C=O) groups excluding carboxylic acids is 2. The maximum absolute atomic E-state index is 12.9. The molecule has 2 heterocycles. The summed E-state index contributed by atoms with van der Waals surface area (Å²) in [4.78, 5) is 29.6. The van der Waals surface area contributed by atoms with Gasteiger partial charge in [-0.15, -0.1) is 0 Å². The Bertz CT molecular complexity index is 1140. The molecule has 6 N–H and O–H groups in total. The minimum Gasteiger partial charge on any atom is -0.404 e. The zero-order valence-corrected chi connectivity index (χ0v) is 21.6. The Labute approximate surface area is 212 Å². The molecule has 9 nitrogen and oxygen atoms in total. The second-order valence-corrected chi connectivity index (χ2v) is 10.2. The third-order valence-corrected chi connectivity index (χ3v) is 6.67. The molecule has 1 aromatic heterocycles. The van der Waals surface area contributed by atoms with Gasteiger partial charge in [0, 0.05) is 12.6 Å². The predicted octanol–water partition coefficient (Wildman–Crippen LogP) is 5.41. The summed E-state index contributed by atoms with van der Waals surface area (Å²) in [6, 6.07) is 1.67. The van der Waals surface area contributed by atoms with E-state index >= 15 is 0 Å². The highest BCUT2D eigenvalue weighted by molar-refractivity contribution is 6.05. The number of anilines is 2. The van der Waals surface area contributed by atoms with Gasteiger partial charge in [-0.05, 0) is 79.8 Å². The molecular weight excluding hydrogens is 454 g/mol. The van der Waals surface area contributed by atoms with Crippen molar-refractivity contribution in [2.24, 2.45) is 22.2 Å². The first kappa shape index (κ1) is 26.8. The molecule has 1 saturated carbocycles. The Kier molecular flexibility index (Phi) is 8.79. The van der Waals surface area contributed by atoms with Crippen molar-refractivity contribution >= 4 is 23.2 Å². The van der Waals surface area contributed by atoms with Gasteiger partial charge >= 0.3 is 0 Å². The van der Waals surface area contributed by atoms with Gasteiger partial charge in [-0.25, -0.2) is 5.53 Å². The first-order valence-electron chi connectivity index (χ1n) is 12.4. The molecule has 1 fully saturated rings. The molecule has 3 rings (SSSR count). The van der Waals surface area contributed by atoms with Crippen molar-refractivity contribution in [3.8, 4) is 0 Å². The van der Waals surface area contributed by atoms with E-state index in [9.17, 15) is 9.59 Å². The van der Waals surface area contributed by atoms with Gasteiger partial charge in [0.1, 0.15) is 0 Å². The first-order valence-corrected chi connectivity index (χ1v) is 12.4. The van der Waals surface area contributed by atoms with Gasteiger partial charge in [0.2, 0.25) is 5.91 Å². The van der Waals surface area contributed by atoms with E-state index in [2.05, 4.69) is 39.9 Å².